The fourth-order valence-corrected chi connectivity index (χ4v) is 1.96. The van der Waals surface area contributed by atoms with E-state index in [1.807, 2.05) is 13.8 Å². The van der Waals surface area contributed by atoms with Crippen LogP contribution in [0.15, 0.2) is 0 Å². The van der Waals surface area contributed by atoms with Gasteiger partial charge in [-0.1, -0.05) is 0 Å². The summed E-state index contributed by atoms with van der Waals surface area (Å²) in [5, 5.41) is 11.6. The van der Waals surface area contributed by atoms with Gasteiger partial charge in [0.25, 0.3) is 0 Å². The molecule has 1 fully saturated rings. The summed E-state index contributed by atoms with van der Waals surface area (Å²) in [5.41, 5.74) is 0. The highest BCUT2D eigenvalue weighted by Crippen LogP contribution is 2.30. The van der Waals surface area contributed by atoms with Gasteiger partial charge in [0.05, 0.1) is 7.11 Å². The number of carbonyl (C=O) groups excluding carboxylic acids is 2. The summed E-state index contributed by atoms with van der Waals surface area (Å²) in [4.78, 5) is 36.1. The summed E-state index contributed by atoms with van der Waals surface area (Å²) < 4.78 is 4.48. The van der Waals surface area contributed by atoms with Gasteiger partial charge in [-0.05, 0) is 39.0 Å². The molecular weight excluding hydrogens is 276 g/mol. The first-order chi connectivity index (χ1) is 9.85. The summed E-state index contributed by atoms with van der Waals surface area (Å²) in [7, 11) is 1.24. The summed E-state index contributed by atoms with van der Waals surface area (Å²) in [6.45, 7) is 4.44. The molecular formula is C14H24N2O5. The Balaban J connectivity index is 2.56. The molecule has 0 radical (unpaired) electrons. The van der Waals surface area contributed by atoms with E-state index in [0.717, 1.165) is 12.8 Å². The largest absolute Gasteiger partial charge is 0.480 e. The molecule has 0 unspecified atom stereocenters. The lowest BCUT2D eigenvalue weighted by molar-refractivity contribution is -0.142. The predicted molar refractivity (Wildman–Crippen MR) is 75.8 cm³/mol. The molecule has 1 atom stereocenters. The highest BCUT2D eigenvalue weighted by Gasteiger charge is 2.30. The fourth-order valence-electron chi connectivity index (χ4n) is 1.96. The van der Waals surface area contributed by atoms with Gasteiger partial charge in [-0.25, -0.2) is 9.59 Å². The van der Waals surface area contributed by atoms with Gasteiger partial charge in [-0.2, -0.15) is 0 Å². The number of aliphatic carboxylic acids is 1. The number of rotatable bonds is 8. The van der Waals surface area contributed by atoms with Crippen molar-refractivity contribution < 1.29 is 24.2 Å². The number of hydrogen-bond donors (Lipinski definition) is 2. The van der Waals surface area contributed by atoms with Crippen LogP contribution in [0.5, 0.6) is 0 Å². The van der Waals surface area contributed by atoms with Crippen LogP contribution in [-0.4, -0.2) is 53.7 Å². The van der Waals surface area contributed by atoms with Crippen molar-refractivity contribution in [2.24, 2.45) is 5.92 Å². The van der Waals surface area contributed by atoms with Gasteiger partial charge in [-0.15, -0.1) is 0 Å². The molecule has 120 valence electrons. The highest BCUT2D eigenvalue weighted by molar-refractivity contribution is 5.83. The van der Waals surface area contributed by atoms with Gasteiger partial charge in [0.2, 0.25) is 0 Å². The van der Waals surface area contributed by atoms with E-state index in [0.29, 0.717) is 12.5 Å². The van der Waals surface area contributed by atoms with Crippen molar-refractivity contribution in [3.8, 4) is 0 Å². The number of hydrogen-bond acceptors (Lipinski definition) is 4. The van der Waals surface area contributed by atoms with Crippen molar-refractivity contribution >= 4 is 18.0 Å². The number of urea groups is 1. The minimum Gasteiger partial charge on any atom is -0.480 e. The zero-order chi connectivity index (χ0) is 16.0. The molecule has 0 saturated heterocycles. The van der Waals surface area contributed by atoms with Gasteiger partial charge in [0.1, 0.15) is 6.04 Å². The highest BCUT2D eigenvalue weighted by atomic mass is 16.5. The van der Waals surface area contributed by atoms with Gasteiger partial charge in [0.15, 0.2) is 0 Å². The Morgan fingerprint density at radius 3 is 2.38 bits per heavy atom. The van der Waals surface area contributed by atoms with E-state index in [1.165, 1.54) is 7.11 Å². The molecule has 0 aromatic rings. The number of carbonyl (C=O) groups is 3. The second kappa shape index (κ2) is 7.85. The molecule has 1 rings (SSSR count). The lowest BCUT2D eigenvalue weighted by Gasteiger charge is -2.28. The number of esters is 1. The Bertz CT molecular complexity index is 393. The lowest BCUT2D eigenvalue weighted by atomic mass is 10.1. The van der Waals surface area contributed by atoms with Crippen LogP contribution in [0.4, 0.5) is 4.79 Å². The average molecular weight is 300 g/mol. The quantitative estimate of drug-likeness (QED) is 0.657. The van der Waals surface area contributed by atoms with E-state index in [-0.39, 0.29) is 18.9 Å². The number of ether oxygens (including phenoxy) is 1. The third-order valence-electron chi connectivity index (χ3n) is 3.50. The molecule has 7 nitrogen and oxygen atoms in total. The summed E-state index contributed by atoms with van der Waals surface area (Å²) in [6.07, 6.45) is 2.20. The summed E-state index contributed by atoms with van der Waals surface area (Å²) in [6, 6.07) is -1.48. The Morgan fingerprint density at radius 1 is 1.33 bits per heavy atom. The second-order valence-corrected chi connectivity index (χ2v) is 5.64. The van der Waals surface area contributed by atoms with Crippen molar-refractivity contribution in [3.05, 3.63) is 0 Å². The molecule has 0 aliphatic heterocycles. The van der Waals surface area contributed by atoms with Gasteiger partial charge >= 0.3 is 18.0 Å². The van der Waals surface area contributed by atoms with Gasteiger partial charge < -0.3 is 20.1 Å². The van der Waals surface area contributed by atoms with Crippen molar-refractivity contribution in [2.75, 3.05) is 13.7 Å². The normalized spacial score (nSPS) is 15.4. The Morgan fingerprint density at radius 2 is 1.95 bits per heavy atom. The standard InChI is InChI=1S/C14H24N2O5/c1-9(2)16(8-10-4-5-10)14(20)15-11(13(18)19)6-7-12(17)21-3/h9-11H,4-8H2,1-3H3,(H,15,20)(H,18,19)/t11-/m0/s1. The van der Waals surface area contributed by atoms with Crippen LogP contribution in [-0.2, 0) is 14.3 Å². The lowest BCUT2D eigenvalue weighted by Crippen LogP contribution is -2.50. The van der Waals surface area contributed by atoms with E-state index < -0.39 is 24.0 Å². The molecule has 7 heteroatoms. The van der Waals surface area contributed by atoms with E-state index in [4.69, 9.17) is 5.11 Å². The van der Waals surface area contributed by atoms with Gasteiger partial charge in [0, 0.05) is 19.0 Å². The molecule has 2 amide bonds. The van der Waals surface area contributed by atoms with Crippen molar-refractivity contribution in [1.82, 2.24) is 10.2 Å². The zero-order valence-electron chi connectivity index (χ0n) is 12.8. The van der Waals surface area contributed by atoms with Crippen molar-refractivity contribution in [3.63, 3.8) is 0 Å². The number of carboxylic acids is 1. The Kier molecular flexibility index (Phi) is 6.45. The first-order valence-electron chi connectivity index (χ1n) is 7.21. The third kappa shape index (κ3) is 6.01. The van der Waals surface area contributed by atoms with Gasteiger partial charge in [-0.3, -0.25) is 4.79 Å². The number of nitrogens with one attached hydrogen (secondary N) is 1. The number of methoxy groups -OCH3 is 1. The minimum absolute atomic E-state index is 0.000604. The first kappa shape index (κ1) is 17.3. The number of carboxylic acid groups (broad SMARTS) is 1. The Hall–Kier alpha value is -1.79. The Labute approximate surface area is 124 Å². The smallest absolute Gasteiger partial charge is 0.326 e. The molecule has 1 saturated carbocycles. The van der Waals surface area contributed by atoms with Crippen LogP contribution in [0.1, 0.15) is 39.5 Å². The maximum atomic E-state index is 12.2. The van der Waals surface area contributed by atoms with Crippen LogP contribution < -0.4 is 5.32 Å². The minimum atomic E-state index is -1.15. The van der Waals surface area contributed by atoms with Crippen molar-refractivity contribution in [2.45, 2.75) is 51.6 Å². The summed E-state index contributed by atoms with van der Waals surface area (Å²) in [5.74, 6) is -1.12. The SMILES string of the molecule is COC(=O)CC[C@H](NC(=O)N(CC1CC1)C(C)C)C(=O)O. The second-order valence-electron chi connectivity index (χ2n) is 5.64. The molecule has 0 spiro atoms. The first-order valence-corrected chi connectivity index (χ1v) is 7.21. The average Bonchev–Trinajstić information content (AvgIpc) is 3.23. The predicted octanol–water partition coefficient (Wildman–Crippen LogP) is 1.22. The molecule has 0 aromatic heterocycles. The van der Waals surface area contributed by atoms with E-state index >= 15 is 0 Å². The monoisotopic (exact) mass is 300 g/mol. The molecule has 1 aliphatic rings. The van der Waals surface area contributed by atoms with E-state index in [9.17, 15) is 14.4 Å². The maximum absolute atomic E-state index is 12.2. The number of nitrogens with zero attached hydrogens (tertiary/aromatic N) is 1. The molecule has 0 aromatic carbocycles. The summed E-state index contributed by atoms with van der Waals surface area (Å²) >= 11 is 0. The zero-order valence-corrected chi connectivity index (χ0v) is 12.8. The van der Waals surface area contributed by atoms with Crippen LogP contribution in [0.2, 0.25) is 0 Å². The van der Waals surface area contributed by atoms with Crippen molar-refractivity contribution in [1.29, 1.82) is 0 Å². The molecule has 21 heavy (non-hydrogen) atoms. The molecule has 0 heterocycles. The van der Waals surface area contributed by atoms with E-state index in [1.54, 1.807) is 4.90 Å². The van der Waals surface area contributed by atoms with Crippen LogP contribution in [0.25, 0.3) is 0 Å². The van der Waals surface area contributed by atoms with Crippen LogP contribution >= 0.6 is 0 Å². The van der Waals surface area contributed by atoms with E-state index in [2.05, 4.69) is 10.1 Å². The molecule has 2 N–H and O–H groups in total. The topological polar surface area (TPSA) is 95.9 Å². The molecule has 1 aliphatic carbocycles. The maximum Gasteiger partial charge on any atom is 0.326 e. The van der Waals surface area contributed by atoms with Crippen LogP contribution in [0.3, 0.4) is 0 Å². The fraction of sp³-hybridized carbons (Fsp3) is 0.786. The number of amides is 2. The third-order valence-corrected chi connectivity index (χ3v) is 3.50. The molecule has 0 bridgehead atoms. The van der Waals surface area contributed by atoms with Crippen LogP contribution in [0, 0.1) is 5.92 Å².